The molecule has 2 aromatic rings. The molecule has 3 aliphatic heterocycles. The number of benzene rings is 1. The predicted molar refractivity (Wildman–Crippen MR) is 116 cm³/mol. The molecule has 4 heterocycles. The number of nitrogens with one attached hydrogen (secondary N) is 1. The van der Waals surface area contributed by atoms with Crippen molar-refractivity contribution in [2.45, 2.75) is 57.0 Å². The number of hydrogen-bond acceptors (Lipinski definition) is 3. The summed E-state index contributed by atoms with van der Waals surface area (Å²) in [4.78, 5) is 16.3. The molecule has 1 saturated carbocycles. The Morgan fingerprint density at radius 2 is 1.93 bits per heavy atom. The summed E-state index contributed by atoms with van der Waals surface area (Å²) in [6.07, 6.45) is 4.85. The van der Waals surface area contributed by atoms with Crippen LogP contribution in [0, 0.1) is 5.92 Å². The Balaban J connectivity index is 0.00000180. The number of hydrogen-bond donors (Lipinski definition) is 1. The van der Waals surface area contributed by atoms with Gasteiger partial charge in [-0.05, 0) is 81.5 Å². The van der Waals surface area contributed by atoms with Crippen LogP contribution in [0.4, 0.5) is 0 Å². The molecule has 1 N–H and O–H groups in total. The lowest BCUT2D eigenvalue weighted by Gasteiger charge is -2.56. The van der Waals surface area contributed by atoms with Crippen LogP contribution >= 0.6 is 35.3 Å². The second-order valence-electron chi connectivity index (χ2n) is 8.70. The lowest BCUT2D eigenvalue weighted by molar-refractivity contribution is -0.0377. The van der Waals surface area contributed by atoms with Crippen molar-refractivity contribution in [3.05, 3.63) is 33.7 Å². The van der Waals surface area contributed by atoms with E-state index in [1.807, 2.05) is 6.07 Å². The van der Waals surface area contributed by atoms with Crippen LogP contribution in [0.15, 0.2) is 18.2 Å². The van der Waals surface area contributed by atoms with Crippen LogP contribution in [0.2, 0.25) is 5.02 Å². The summed E-state index contributed by atoms with van der Waals surface area (Å²) in [5, 5.41) is 5.32. The second kappa shape index (κ2) is 6.91. The molecular formula is C21H26Cl2N2OS. The third-order valence-electron chi connectivity index (χ3n) is 6.77. The number of carbonyl (C=O) groups excluding carboxylic acids is 1. The summed E-state index contributed by atoms with van der Waals surface area (Å²) < 4.78 is 1.06. The Morgan fingerprint density at radius 1 is 1.22 bits per heavy atom. The Bertz CT molecular complexity index is 882. The monoisotopic (exact) mass is 424 g/mol. The molecule has 146 valence electrons. The first kappa shape index (κ1) is 19.5. The van der Waals surface area contributed by atoms with E-state index in [1.54, 1.807) is 11.3 Å². The lowest BCUT2D eigenvalue weighted by atomic mass is 9.72. The SMILES string of the molecule is CC1(C)[C@H](NC(=O)c2cc3ccc(C4CC4)c(Cl)c3s2)C2CCN1CC2.Cl. The van der Waals surface area contributed by atoms with Crippen LogP contribution < -0.4 is 5.32 Å². The number of nitrogens with zero attached hydrogens (tertiary/aromatic N) is 1. The van der Waals surface area contributed by atoms with Crippen LogP contribution in [0.3, 0.4) is 0 Å². The van der Waals surface area contributed by atoms with Gasteiger partial charge < -0.3 is 5.32 Å². The summed E-state index contributed by atoms with van der Waals surface area (Å²) in [5.74, 6) is 1.28. The third kappa shape index (κ3) is 3.19. The highest BCUT2D eigenvalue weighted by atomic mass is 35.5. The topological polar surface area (TPSA) is 32.3 Å². The standard InChI is InChI=1S/C21H25ClN2OS.ClH/c1-21(2)19(13-7-9-24(21)10-8-13)23-20(25)16-11-14-5-6-15(12-3-4-12)17(22)18(14)26-16;/h5-6,11-13,19H,3-4,7-10H2,1-2H3,(H,23,25);1H/t19-;/m1./s1. The first-order chi connectivity index (χ1) is 12.4. The molecule has 1 aromatic carbocycles. The average molecular weight is 425 g/mol. The van der Waals surface area contributed by atoms with Gasteiger partial charge >= 0.3 is 0 Å². The first-order valence-electron chi connectivity index (χ1n) is 9.73. The first-order valence-corrected chi connectivity index (χ1v) is 10.9. The summed E-state index contributed by atoms with van der Waals surface area (Å²) in [5.41, 5.74) is 1.29. The number of amides is 1. The van der Waals surface area contributed by atoms with Gasteiger partial charge in [0.15, 0.2) is 0 Å². The smallest absolute Gasteiger partial charge is 0.261 e. The second-order valence-corrected chi connectivity index (χ2v) is 10.1. The van der Waals surface area contributed by atoms with E-state index in [0.717, 1.165) is 33.1 Å². The summed E-state index contributed by atoms with van der Waals surface area (Å²) in [6, 6.07) is 6.50. The minimum atomic E-state index is 0. The molecule has 6 heteroatoms. The highest BCUT2D eigenvalue weighted by molar-refractivity contribution is 7.21. The number of piperidine rings is 3. The van der Waals surface area contributed by atoms with Crippen LogP contribution in [0.5, 0.6) is 0 Å². The molecule has 0 unspecified atom stereocenters. The fraction of sp³-hybridized carbons (Fsp3) is 0.571. The van der Waals surface area contributed by atoms with Gasteiger partial charge in [-0.25, -0.2) is 0 Å². The molecule has 0 spiro atoms. The van der Waals surface area contributed by atoms with E-state index in [9.17, 15) is 4.79 Å². The van der Waals surface area contributed by atoms with Crippen molar-refractivity contribution in [3.63, 3.8) is 0 Å². The van der Waals surface area contributed by atoms with Gasteiger partial charge in [0, 0.05) is 11.6 Å². The maximum Gasteiger partial charge on any atom is 0.261 e. The molecule has 4 aliphatic rings. The van der Waals surface area contributed by atoms with E-state index >= 15 is 0 Å². The van der Waals surface area contributed by atoms with E-state index < -0.39 is 0 Å². The quantitative estimate of drug-likeness (QED) is 0.709. The van der Waals surface area contributed by atoms with Crippen molar-refractivity contribution in [2.75, 3.05) is 13.1 Å². The largest absolute Gasteiger partial charge is 0.346 e. The molecule has 0 radical (unpaired) electrons. The minimum Gasteiger partial charge on any atom is -0.346 e. The van der Waals surface area contributed by atoms with E-state index in [0.29, 0.717) is 11.8 Å². The molecule has 1 amide bonds. The highest BCUT2D eigenvalue weighted by Gasteiger charge is 2.48. The number of rotatable bonds is 3. The molecule has 2 bridgehead atoms. The molecule has 1 atom stereocenters. The van der Waals surface area contributed by atoms with Crippen molar-refractivity contribution in [3.8, 4) is 0 Å². The molecule has 4 fully saturated rings. The van der Waals surface area contributed by atoms with Gasteiger partial charge in [-0.2, -0.15) is 0 Å². The van der Waals surface area contributed by atoms with Gasteiger partial charge in [0.05, 0.1) is 14.6 Å². The fourth-order valence-corrected chi connectivity index (χ4v) is 6.45. The summed E-state index contributed by atoms with van der Waals surface area (Å²) >= 11 is 8.20. The zero-order chi connectivity index (χ0) is 18.1. The molecule has 1 aliphatic carbocycles. The fourth-order valence-electron chi connectivity index (χ4n) is 5.00. The Kier molecular flexibility index (Phi) is 4.99. The molecule has 27 heavy (non-hydrogen) atoms. The summed E-state index contributed by atoms with van der Waals surface area (Å²) in [7, 11) is 0. The van der Waals surface area contributed by atoms with E-state index in [4.69, 9.17) is 11.6 Å². The normalized spacial score (nSPS) is 28.8. The number of fused-ring (bicyclic) bond motifs is 4. The van der Waals surface area contributed by atoms with E-state index in [2.05, 4.69) is 36.2 Å². The van der Waals surface area contributed by atoms with Crippen LogP contribution in [0.25, 0.3) is 10.1 Å². The van der Waals surface area contributed by atoms with Gasteiger partial charge in [0.2, 0.25) is 0 Å². The highest BCUT2D eigenvalue weighted by Crippen LogP contribution is 2.46. The molecule has 6 rings (SSSR count). The summed E-state index contributed by atoms with van der Waals surface area (Å²) in [6.45, 7) is 6.86. The maximum absolute atomic E-state index is 13.0. The minimum absolute atomic E-state index is 0. The van der Waals surface area contributed by atoms with Gasteiger partial charge in [-0.1, -0.05) is 23.7 Å². The van der Waals surface area contributed by atoms with E-state index in [1.165, 1.54) is 31.2 Å². The van der Waals surface area contributed by atoms with Crippen LogP contribution in [-0.2, 0) is 0 Å². The third-order valence-corrected chi connectivity index (χ3v) is 8.46. The van der Waals surface area contributed by atoms with Crippen LogP contribution in [-0.4, -0.2) is 35.5 Å². The number of halogens is 2. The van der Waals surface area contributed by atoms with Crippen molar-refractivity contribution in [1.82, 2.24) is 10.2 Å². The zero-order valence-corrected chi connectivity index (χ0v) is 18.1. The average Bonchev–Trinajstić information content (AvgIpc) is 3.36. The van der Waals surface area contributed by atoms with Crippen molar-refractivity contribution in [1.29, 1.82) is 0 Å². The number of carbonyl (C=O) groups is 1. The van der Waals surface area contributed by atoms with Crippen molar-refractivity contribution < 1.29 is 4.79 Å². The van der Waals surface area contributed by atoms with Gasteiger partial charge in [-0.3, -0.25) is 9.69 Å². The Hall–Kier alpha value is -0.810. The molecular weight excluding hydrogens is 399 g/mol. The maximum atomic E-state index is 13.0. The molecule has 3 saturated heterocycles. The Morgan fingerprint density at radius 3 is 2.56 bits per heavy atom. The van der Waals surface area contributed by atoms with Gasteiger partial charge in [0.1, 0.15) is 0 Å². The lowest BCUT2D eigenvalue weighted by Crippen LogP contribution is -2.69. The van der Waals surface area contributed by atoms with E-state index in [-0.39, 0.29) is 29.9 Å². The molecule has 1 aromatic heterocycles. The number of thiophene rings is 1. The van der Waals surface area contributed by atoms with Gasteiger partial charge in [-0.15, -0.1) is 23.7 Å². The molecule has 3 nitrogen and oxygen atoms in total. The van der Waals surface area contributed by atoms with Crippen molar-refractivity contribution in [2.24, 2.45) is 5.92 Å². The predicted octanol–water partition coefficient (Wildman–Crippen LogP) is 5.46. The van der Waals surface area contributed by atoms with Crippen molar-refractivity contribution >= 4 is 51.3 Å². The zero-order valence-electron chi connectivity index (χ0n) is 15.8. The van der Waals surface area contributed by atoms with Gasteiger partial charge in [0.25, 0.3) is 5.91 Å². The van der Waals surface area contributed by atoms with Crippen LogP contribution in [0.1, 0.15) is 60.7 Å². The Labute approximate surface area is 175 Å².